The van der Waals surface area contributed by atoms with Crippen molar-refractivity contribution in [3.63, 3.8) is 0 Å². The molecule has 7 nitrogen and oxygen atoms in total. The van der Waals surface area contributed by atoms with Crippen LogP contribution < -0.4 is 10.6 Å². The summed E-state index contributed by atoms with van der Waals surface area (Å²) in [4.78, 5) is 41.2. The van der Waals surface area contributed by atoms with Crippen molar-refractivity contribution in [1.29, 1.82) is 0 Å². The summed E-state index contributed by atoms with van der Waals surface area (Å²) in [6.07, 6.45) is 2.69. The molecule has 2 saturated heterocycles. The molecule has 4 unspecified atom stereocenters. The van der Waals surface area contributed by atoms with Crippen molar-refractivity contribution >= 4 is 46.8 Å². The van der Waals surface area contributed by atoms with Gasteiger partial charge in [-0.3, -0.25) is 24.6 Å². The van der Waals surface area contributed by atoms with Gasteiger partial charge in [0.25, 0.3) is 0 Å². The maximum atomic E-state index is 13.4. The highest BCUT2D eigenvalue weighted by Gasteiger charge is 2.70. The largest absolute Gasteiger partial charge is 0.383 e. The predicted molar refractivity (Wildman–Crippen MR) is 112 cm³/mol. The maximum absolute atomic E-state index is 13.4. The minimum Gasteiger partial charge on any atom is -0.383 e. The number of hydrogen-bond donors (Lipinski definition) is 2. The van der Waals surface area contributed by atoms with Crippen molar-refractivity contribution in [3.05, 3.63) is 28.3 Å². The Hall–Kier alpha value is -1.61. The van der Waals surface area contributed by atoms with Crippen molar-refractivity contribution in [2.75, 3.05) is 37.6 Å². The predicted octanol–water partition coefficient (Wildman–Crippen LogP) is 1.77. The van der Waals surface area contributed by atoms with Crippen molar-refractivity contribution in [2.45, 2.75) is 24.9 Å². The fourth-order valence-corrected chi connectivity index (χ4v) is 5.59. The molecule has 3 aliphatic rings. The third-order valence-electron chi connectivity index (χ3n) is 6.33. The van der Waals surface area contributed by atoms with Gasteiger partial charge >= 0.3 is 0 Å². The van der Waals surface area contributed by atoms with E-state index in [1.165, 1.54) is 12.0 Å². The van der Waals surface area contributed by atoms with Gasteiger partial charge in [-0.1, -0.05) is 17.7 Å². The Morgan fingerprint density at radius 3 is 2.72 bits per heavy atom. The molecule has 2 N–H and O–H groups in total. The average molecular weight is 438 g/mol. The summed E-state index contributed by atoms with van der Waals surface area (Å²) in [5.74, 6) is -1.36. The number of ether oxygens (including phenoxy) is 1. The van der Waals surface area contributed by atoms with Crippen molar-refractivity contribution in [3.8, 4) is 0 Å². The maximum Gasteiger partial charge on any atom is 0.250 e. The summed E-state index contributed by atoms with van der Waals surface area (Å²) in [5.41, 5.74) is 0.830. The lowest BCUT2D eigenvalue weighted by molar-refractivity contribution is -0.143. The third kappa shape index (κ3) is 2.84. The first-order valence-electron chi connectivity index (χ1n) is 9.60. The Morgan fingerprint density at radius 2 is 2.03 bits per heavy atom. The molecular weight excluding hydrogens is 414 g/mol. The van der Waals surface area contributed by atoms with E-state index in [0.29, 0.717) is 22.7 Å². The van der Waals surface area contributed by atoms with Crippen LogP contribution in [0.1, 0.15) is 17.5 Å². The molecular formula is C20H24ClN3O4S. The minimum atomic E-state index is -1.26. The van der Waals surface area contributed by atoms with Gasteiger partial charge < -0.3 is 10.1 Å². The topological polar surface area (TPSA) is 87.7 Å². The summed E-state index contributed by atoms with van der Waals surface area (Å²) in [5, 5.41) is 6.90. The molecule has 3 amide bonds. The highest BCUT2D eigenvalue weighted by Crippen LogP contribution is 2.54. The Balaban J connectivity index is 1.83. The van der Waals surface area contributed by atoms with Gasteiger partial charge in [0.1, 0.15) is 5.54 Å². The van der Waals surface area contributed by atoms with Gasteiger partial charge in [-0.2, -0.15) is 11.8 Å². The molecule has 29 heavy (non-hydrogen) atoms. The molecule has 3 aliphatic heterocycles. The molecule has 3 heterocycles. The number of carbonyl (C=O) groups excluding carboxylic acids is 3. The third-order valence-corrected chi connectivity index (χ3v) is 7.38. The van der Waals surface area contributed by atoms with E-state index < -0.39 is 17.4 Å². The number of likely N-dealkylation sites (tertiary alicyclic amines) is 1. The second kappa shape index (κ2) is 7.58. The zero-order valence-electron chi connectivity index (χ0n) is 16.6. The molecule has 0 aromatic heterocycles. The number of nitrogens with zero attached hydrogens (tertiary/aromatic N) is 1. The van der Waals surface area contributed by atoms with Crippen molar-refractivity contribution in [2.24, 2.45) is 11.8 Å². The standard InChI is InChI=1S/C20H24ClN3O4S/c1-10-12(21)5-4-11-16(10)22-19(27)20(11)15-14(13(23-20)6-9-29-3)17(25)24(18(15)26)7-8-28-2/h4-5,13-15,23H,6-9H2,1-3H3,(H,22,27). The van der Waals surface area contributed by atoms with E-state index in [4.69, 9.17) is 16.3 Å². The first-order valence-corrected chi connectivity index (χ1v) is 11.4. The lowest BCUT2D eigenvalue weighted by atomic mass is 9.76. The Morgan fingerprint density at radius 1 is 1.28 bits per heavy atom. The van der Waals surface area contributed by atoms with Crippen LogP contribution in [0.4, 0.5) is 5.69 Å². The van der Waals surface area contributed by atoms with E-state index in [9.17, 15) is 14.4 Å². The van der Waals surface area contributed by atoms with Gasteiger partial charge in [-0.25, -0.2) is 0 Å². The number of rotatable bonds is 6. The van der Waals surface area contributed by atoms with Crippen LogP contribution in [0.5, 0.6) is 0 Å². The molecule has 1 spiro atoms. The summed E-state index contributed by atoms with van der Waals surface area (Å²) in [6, 6.07) is 3.27. The van der Waals surface area contributed by atoms with Gasteiger partial charge in [-0.05, 0) is 37.0 Å². The summed E-state index contributed by atoms with van der Waals surface area (Å²) in [6.45, 7) is 2.30. The number of fused-ring (bicyclic) bond motifs is 4. The second-order valence-electron chi connectivity index (χ2n) is 7.71. The first-order chi connectivity index (χ1) is 13.9. The number of thioether (sulfide) groups is 1. The summed E-state index contributed by atoms with van der Waals surface area (Å²) < 4.78 is 5.08. The monoisotopic (exact) mass is 437 g/mol. The fraction of sp³-hybridized carbons (Fsp3) is 0.550. The van der Waals surface area contributed by atoms with E-state index in [2.05, 4.69) is 10.6 Å². The number of anilines is 1. The van der Waals surface area contributed by atoms with Crippen LogP contribution in [0.25, 0.3) is 0 Å². The van der Waals surface area contributed by atoms with E-state index >= 15 is 0 Å². The lowest BCUT2D eigenvalue weighted by Crippen LogP contribution is -2.53. The van der Waals surface area contributed by atoms with Crippen LogP contribution in [0, 0.1) is 18.8 Å². The van der Waals surface area contributed by atoms with Crippen molar-refractivity contribution in [1.82, 2.24) is 10.2 Å². The molecule has 9 heteroatoms. The van der Waals surface area contributed by atoms with Crippen LogP contribution in [0.15, 0.2) is 12.1 Å². The van der Waals surface area contributed by atoms with Crippen LogP contribution in [0.2, 0.25) is 5.02 Å². The normalized spacial score (nSPS) is 30.3. The van der Waals surface area contributed by atoms with E-state index in [1.807, 2.05) is 13.2 Å². The molecule has 4 atom stereocenters. The molecule has 156 valence electrons. The quantitative estimate of drug-likeness (QED) is 0.659. The lowest BCUT2D eigenvalue weighted by Gasteiger charge is -2.29. The summed E-state index contributed by atoms with van der Waals surface area (Å²) >= 11 is 7.93. The Labute approximate surface area is 178 Å². The van der Waals surface area contributed by atoms with Gasteiger partial charge in [0, 0.05) is 23.7 Å². The average Bonchev–Trinajstić information content (AvgIpc) is 3.27. The van der Waals surface area contributed by atoms with Gasteiger partial charge in [0.2, 0.25) is 17.7 Å². The molecule has 0 radical (unpaired) electrons. The smallest absolute Gasteiger partial charge is 0.250 e. The minimum absolute atomic E-state index is 0.195. The molecule has 0 saturated carbocycles. The van der Waals surface area contributed by atoms with E-state index in [0.717, 1.165) is 11.3 Å². The van der Waals surface area contributed by atoms with E-state index in [-0.39, 0.29) is 36.9 Å². The van der Waals surface area contributed by atoms with Gasteiger partial charge in [0.15, 0.2) is 0 Å². The highest BCUT2D eigenvalue weighted by atomic mass is 35.5. The molecule has 1 aromatic carbocycles. The van der Waals surface area contributed by atoms with Gasteiger partial charge in [-0.15, -0.1) is 0 Å². The molecule has 4 rings (SSSR count). The van der Waals surface area contributed by atoms with Crippen LogP contribution >= 0.6 is 23.4 Å². The molecule has 2 fully saturated rings. The molecule has 0 aliphatic carbocycles. The fourth-order valence-electron chi connectivity index (χ4n) is 4.95. The molecule has 1 aromatic rings. The second-order valence-corrected chi connectivity index (χ2v) is 9.11. The zero-order valence-corrected chi connectivity index (χ0v) is 18.2. The number of amides is 3. The number of halogens is 1. The van der Waals surface area contributed by atoms with Crippen molar-refractivity contribution < 1.29 is 19.1 Å². The number of methoxy groups -OCH3 is 1. The number of imide groups is 1. The SMILES string of the molecule is COCCN1C(=O)C2C(CCSC)NC3(C(=O)Nc4c3ccc(Cl)c4C)C2C1=O. The molecule has 0 bridgehead atoms. The van der Waals surface area contributed by atoms with Gasteiger partial charge in [0.05, 0.1) is 30.7 Å². The number of carbonyl (C=O) groups is 3. The summed E-state index contributed by atoms with van der Waals surface area (Å²) in [7, 11) is 1.53. The number of nitrogens with one attached hydrogen (secondary N) is 2. The number of hydrogen-bond acceptors (Lipinski definition) is 6. The van der Waals surface area contributed by atoms with Crippen LogP contribution in [0.3, 0.4) is 0 Å². The number of benzene rings is 1. The van der Waals surface area contributed by atoms with E-state index in [1.54, 1.807) is 23.9 Å². The Bertz CT molecular complexity index is 895. The Kier molecular flexibility index (Phi) is 5.40. The zero-order chi connectivity index (χ0) is 20.9. The highest BCUT2D eigenvalue weighted by molar-refractivity contribution is 7.98. The first kappa shape index (κ1) is 20.7. The van der Waals surface area contributed by atoms with Crippen LogP contribution in [-0.4, -0.2) is 60.9 Å². The van der Waals surface area contributed by atoms with Crippen LogP contribution in [-0.2, 0) is 24.7 Å².